The van der Waals surface area contributed by atoms with E-state index in [1.165, 1.54) is 12.1 Å². The molecule has 0 aliphatic carbocycles. The molecule has 1 N–H and O–H groups in total. The van der Waals surface area contributed by atoms with E-state index in [2.05, 4.69) is 4.98 Å². The Kier molecular flexibility index (Phi) is 3.75. The molecule has 2 aromatic carbocycles. The SMILES string of the molecule is FC(F)(F)c1ccc(Cc2c[nH]cc2-c2ccccc2)cc1. The van der Waals surface area contributed by atoms with Crippen molar-refractivity contribution in [3.63, 3.8) is 0 Å². The zero-order valence-corrected chi connectivity index (χ0v) is 11.7. The van der Waals surface area contributed by atoms with Crippen molar-refractivity contribution in [2.24, 2.45) is 0 Å². The molecule has 0 fully saturated rings. The molecule has 0 radical (unpaired) electrons. The molecule has 3 aromatic rings. The van der Waals surface area contributed by atoms with E-state index in [1.807, 2.05) is 42.7 Å². The summed E-state index contributed by atoms with van der Waals surface area (Å²) in [6, 6.07) is 15.2. The summed E-state index contributed by atoms with van der Waals surface area (Å²) in [5.41, 5.74) is 3.45. The number of H-pyrrole nitrogens is 1. The first kappa shape index (κ1) is 14.4. The summed E-state index contributed by atoms with van der Waals surface area (Å²) in [7, 11) is 0. The van der Waals surface area contributed by atoms with Gasteiger partial charge in [-0.3, -0.25) is 0 Å². The van der Waals surface area contributed by atoms with E-state index in [9.17, 15) is 13.2 Å². The van der Waals surface area contributed by atoms with Gasteiger partial charge in [-0.05, 0) is 35.2 Å². The Morgan fingerprint density at radius 3 is 2.14 bits per heavy atom. The van der Waals surface area contributed by atoms with Crippen LogP contribution in [0.25, 0.3) is 11.1 Å². The molecule has 1 nitrogen and oxygen atoms in total. The number of hydrogen-bond donors (Lipinski definition) is 1. The molecule has 0 aliphatic heterocycles. The van der Waals surface area contributed by atoms with Gasteiger partial charge in [-0.15, -0.1) is 0 Å². The topological polar surface area (TPSA) is 15.8 Å². The van der Waals surface area contributed by atoms with Crippen LogP contribution in [0.3, 0.4) is 0 Å². The number of aromatic nitrogens is 1. The molecule has 0 amide bonds. The molecule has 0 unspecified atom stereocenters. The van der Waals surface area contributed by atoms with E-state index in [-0.39, 0.29) is 0 Å². The summed E-state index contributed by atoms with van der Waals surface area (Å²) in [5, 5.41) is 0. The zero-order valence-electron chi connectivity index (χ0n) is 11.7. The van der Waals surface area contributed by atoms with E-state index in [4.69, 9.17) is 0 Å². The van der Waals surface area contributed by atoms with Crippen LogP contribution in [0.5, 0.6) is 0 Å². The van der Waals surface area contributed by atoms with Gasteiger partial charge >= 0.3 is 6.18 Å². The Morgan fingerprint density at radius 1 is 0.818 bits per heavy atom. The largest absolute Gasteiger partial charge is 0.416 e. The smallest absolute Gasteiger partial charge is 0.367 e. The van der Waals surface area contributed by atoms with Gasteiger partial charge in [0.2, 0.25) is 0 Å². The van der Waals surface area contributed by atoms with Crippen molar-refractivity contribution in [1.29, 1.82) is 0 Å². The molecule has 0 saturated carbocycles. The minimum Gasteiger partial charge on any atom is -0.367 e. The second-order valence-corrected chi connectivity index (χ2v) is 5.13. The molecule has 0 aliphatic rings. The predicted octanol–water partition coefficient (Wildman–Crippen LogP) is 5.29. The highest BCUT2D eigenvalue weighted by molar-refractivity contribution is 5.67. The van der Waals surface area contributed by atoms with Gasteiger partial charge in [0.15, 0.2) is 0 Å². The van der Waals surface area contributed by atoms with Gasteiger partial charge in [0.25, 0.3) is 0 Å². The number of halogens is 3. The average Bonchev–Trinajstić information content (AvgIpc) is 2.96. The second kappa shape index (κ2) is 5.72. The normalized spacial score (nSPS) is 11.6. The molecule has 22 heavy (non-hydrogen) atoms. The number of nitrogens with one attached hydrogen (secondary N) is 1. The summed E-state index contributed by atoms with van der Waals surface area (Å²) >= 11 is 0. The predicted molar refractivity (Wildman–Crippen MR) is 80.5 cm³/mol. The van der Waals surface area contributed by atoms with Crippen molar-refractivity contribution in [2.45, 2.75) is 12.6 Å². The zero-order chi connectivity index (χ0) is 15.6. The molecule has 0 bridgehead atoms. The molecular formula is C18H14F3N. The van der Waals surface area contributed by atoms with Crippen molar-refractivity contribution >= 4 is 0 Å². The first-order valence-corrected chi connectivity index (χ1v) is 6.91. The molecular weight excluding hydrogens is 287 g/mol. The molecule has 112 valence electrons. The van der Waals surface area contributed by atoms with E-state index < -0.39 is 11.7 Å². The number of aromatic amines is 1. The van der Waals surface area contributed by atoms with Crippen molar-refractivity contribution in [2.75, 3.05) is 0 Å². The third-order valence-corrected chi connectivity index (χ3v) is 3.59. The monoisotopic (exact) mass is 301 g/mol. The number of alkyl halides is 3. The van der Waals surface area contributed by atoms with Crippen LogP contribution in [0.15, 0.2) is 67.0 Å². The van der Waals surface area contributed by atoms with Gasteiger partial charge in [-0.25, -0.2) is 0 Å². The minimum absolute atomic E-state index is 0.589. The summed E-state index contributed by atoms with van der Waals surface area (Å²) in [6.07, 6.45) is 0.0996. The van der Waals surface area contributed by atoms with E-state index >= 15 is 0 Å². The standard InChI is InChI=1S/C18H14F3N/c19-18(20,21)16-8-6-13(7-9-16)10-15-11-22-12-17(15)14-4-2-1-3-5-14/h1-9,11-12,22H,10H2. The van der Waals surface area contributed by atoms with Gasteiger partial charge in [-0.2, -0.15) is 13.2 Å². The lowest BCUT2D eigenvalue weighted by Gasteiger charge is -2.08. The molecule has 0 spiro atoms. The van der Waals surface area contributed by atoms with Gasteiger partial charge in [0.1, 0.15) is 0 Å². The Bertz CT molecular complexity index is 740. The number of rotatable bonds is 3. The van der Waals surface area contributed by atoms with Crippen molar-refractivity contribution in [3.8, 4) is 11.1 Å². The highest BCUT2D eigenvalue weighted by Crippen LogP contribution is 2.30. The number of benzene rings is 2. The van der Waals surface area contributed by atoms with Crippen LogP contribution in [0.4, 0.5) is 13.2 Å². The van der Waals surface area contributed by atoms with Gasteiger partial charge < -0.3 is 4.98 Å². The first-order valence-electron chi connectivity index (χ1n) is 6.91. The van der Waals surface area contributed by atoms with Gasteiger partial charge in [-0.1, -0.05) is 42.5 Å². The van der Waals surface area contributed by atoms with E-state index in [0.717, 1.165) is 34.4 Å². The van der Waals surface area contributed by atoms with E-state index in [0.29, 0.717) is 6.42 Å². The van der Waals surface area contributed by atoms with Crippen LogP contribution in [0, 0.1) is 0 Å². The summed E-state index contributed by atoms with van der Waals surface area (Å²) < 4.78 is 37.7. The second-order valence-electron chi connectivity index (χ2n) is 5.13. The molecule has 4 heteroatoms. The highest BCUT2D eigenvalue weighted by Gasteiger charge is 2.29. The van der Waals surface area contributed by atoms with Crippen LogP contribution in [0.2, 0.25) is 0 Å². The fourth-order valence-electron chi connectivity index (χ4n) is 2.46. The lowest BCUT2D eigenvalue weighted by molar-refractivity contribution is -0.137. The fourth-order valence-corrected chi connectivity index (χ4v) is 2.46. The Hall–Kier alpha value is -2.49. The molecule has 1 heterocycles. The number of hydrogen-bond acceptors (Lipinski definition) is 0. The van der Waals surface area contributed by atoms with Crippen molar-refractivity contribution in [3.05, 3.63) is 83.7 Å². The van der Waals surface area contributed by atoms with E-state index in [1.54, 1.807) is 0 Å². The third-order valence-electron chi connectivity index (χ3n) is 3.59. The van der Waals surface area contributed by atoms with Crippen molar-refractivity contribution < 1.29 is 13.2 Å². The highest BCUT2D eigenvalue weighted by atomic mass is 19.4. The van der Waals surface area contributed by atoms with Crippen LogP contribution < -0.4 is 0 Å². The summed E-state index contributed by atoms with van der Waals surface area (Å²) in [4.78, 5) is 3.07. The lowest BCUT2D eigenvalue weighted by atomic mass is 9.99. The van der Waals surface area contributed by atoms with Crippen LogP contribution in [0.1, 0.15) is 16.7 Å². The quantitative estimate of drug-likeness (QED) is 0.676. The van der Waals surface area contributed by atoms with Crippen molar-refractivity contribution in [1.82, 2.24) is 4.98 Å². The Morgan fingerprint density at radius 2 is 1.50 bits per heavy atom. The van der Waals surface area contributed by atoms with Crippen LogP contribution in [-0.4, -0.2) is 4.98 Å². The maximum atomic E-state index is 12.6. The lowest BCUT2D eigenvalue weighted by Crippen LogP contribution is -2.04. The maximum Gasteiger partial charge on any atom is 0.416 e. The molecule has 0 atom stereocenters. The molecule has 3 rings (SSSR count). The maximum absolute atomic E-state index is 12.6. The molecule has 0 saturated heterocycles. The van der Waals surface area contributed by atoms with Crippen LogP contribution >= 0.6 is 0 Å². The third kappa shape index (κ3) is 3.06. The summed E-state index contributed by atoms with van der Waals surface area (Å²) in [5.74, 6) is 0. The molecule has 1 aromatic heterocycles. The Balaban J connectivity index is 1.84. The van der Waals surface area contributed by atoms with Gasteiger partial charge in [0.05, 0.1) is 5.56 Å². The van der Waals surface area contributed by atoms with Gasteiger partial charge in [0, 0.05) is 18.0 Å². The Labute approximate surface area is 126 Å². The van der Waals surface area contributed by atoms with Crippen LogP contribution in [-0.2, 0) is 12.6 Å². The minimum atomic E-state index is -4.29. The fraction of sp³-hybridized carbons (Fsp3) is 0.111. The summed E-state index contributed by atoms with van der Waals surface area (Å²) in [6.45, 7) is 0. The first-order chi connectivity index (χ1) is 10.5. The average molecular weight is 301 g/mol.